The topological polar surface area (TPSA) is 85.6 Å². The number of benzene rings is 1. The molecule has 0 heterocycles. The highest BCUT2D eigenvalue weighted by Gasteiger charge is 2.15. The summed E-state index contributed by atoms with van der Waals surface area (Å²) in [7, 11) is 0. The minimum atomic E-state index is -0.536. The molecule has 1 aromatic carbocycles. The van der Waals surface area contributed by atoms with E-state index in [9.17, 15) is 9.18 Å². The number of nitrogen functional groups attached to an aromatic ring is 1. The van der Waals surface area contributed by atoms with Crippen LogP contribution in [0.15, 0.2) is 12.1 Å². The molecule has 0 fully saturated rings. The van der Waals surface area contributed by atoms with Crippen molar-refractivity contribution in [3.63, 3.8) is 0 Å². The standard InChI is InChI=1S/C15H24FN3O3/c1-5-21-13-9-12(11(17)8-10(13)16)18-6-7-19-14(20)22-15(2,3)4/h8-9,18H,5-7,17H2,1-4H3,(H,19,20). The maximum absolute atomic E-state index is 13.6. The minimum Gasteiger partial charge on any atom is -0.491 e. The Balaban J connectivity index is 2.48. The number of halogens is 1. The fraction of sp³-hybridized carbons (Fsp3) is 0.533. The molecule has 0 saturated carbocycles. The molecule has 0 bridgehead atoms. The van der Waals surface area contributed by atoms with Crippen LogP contribution in [0.2, 0.25) is 0 Å². The highest BCUT2D eigenvalue weighted by Crippen LogP contribution is 2.28. The van der Waals surface area contributed by atoms with Crippen molar-refractivity contribution >= 4 is 17.5 Å². The van der Waals surface area contributed by atoms with E-state index in [0.29, 0.717) is 25.4 Å². The lowest BCUT2D eigenvalue weighted by Crippen LogP contribution is -2.35. The molecule has 0 spiro atoms. The molecule has 0 radical (unpaired) electrons. The molecule has 4 N–H and O–H groups in total. The Hall–Kier alpha value is -2.18. The van der Waals surface area contributed by atoms with Gasteiger partial charge in [0.2, 0.25) is 0 Å². The molecule has 7 heteroatoms. The van der Waals surface area contributed by atoms with Crippen LogP contribution in [0.4, 0.5) is 20.6 Å². The summed E-state index contributed by atoms with van der Waals surface area (Å²) in [6, 6.07) is 2.70. The van der Waals surface area contributed by atoms with Crippen LogP contribution in [0, 0.1) is 5.82 Å². The van der Waals surface area contributed by atoms with Crippen LogP contribution in [0.3, 0.4) is 0 Å². The Bertz CT molecular complexity index is 515. The van der Waals surface area contributed by atoms with Crippen molar-refractivity contribution in [1.29, 1.82) is 0 Å². The number of hydrogen-bond acceptors (Lipinski definition) is 5. The number of rotatable bonds is 6. The van der Waals surface area contributed by atoms with Gasteiger partial charge in [0, 0.05) is 25.2 Å². The van der Waals surface area contributed by atoms with Crippen LogP contribution in [0.25, 0.3) is 0 Å². The van der Waals surface area contributed by atoms with E-state index in [1.807, 2.05) is 0 Å². The van der Waals surface area contributed by atoms with Crippen molar-refractivity contribution in [2.24, 2.45) is 0 Å². The van der Waals surface area contributed by atoms with Crippen LogP contribution in [-0.2, 0) is 4.74 Å². The molecule has 1 aromatic rings. The minimum absolute atomic E-state index is 0.138. The fourth-order valence-corrected chi connectivity index (χ4v) is 1.66. The number of ether oxygens (including phenoxy) is 2. The molecule has 22 heavy (non-hydrogen) atoms. The van der Waals surface area contributed by atoms with Gasteiger partial charge < -0.3 is 25.8 Å². The normalized spacial score (nSPS) is 11.0. The second kappa shape index (κ2) is 7.72. The predicted molar refractivity (Wildman–Crippen MR) is 84.7 cm³/mol. The molecule has 1 rings (SSSR count). The molecule has 0 atom stereocenters. The van der Waals surface area contributed by atoms with Crippen molar-refractivity contribution < 1.29 is 18.7 Å². The first kappa shape index (κ1) is 17.9. The number of carbonyl (C=O) groups excluding carboxylic acids is 1. The van der Waals surface area contributed by atoms with E-state index in [4.69, 9.17) is 15.2 Å². The van der Waals surface area contributed by atoms with Crippen LogP contribution < -0.4 is 21.1 Å². The lowest BCUT2D eigenvalue weighted by atomic mass is 10.2. The zero-order valence-electron chi connectivity index (χ0n) is 13.5. The van der Waals surface area contributed by atoms with Gasteiger partial charge in [-0.25, -0.2) is 9.18 Å². The molecule has 1 amide bonds. The molecule has 124 valence electrons. The third-order valence-electron chi connectivity index (χ3n) is 2.51. The monoisotopic (exact) mass is 313 g/mol. The quantitative estimate of drug-likeness (QED) is 0.555. The number of anilines is 2. The van der Waals surface area contributed by atoms with Gasteiger partial charge in [-0.2, -0.15) is 0 Å². The maximum atomic E-state index is 13.6. The fourth-order valence-electron chi connectivity index (χ4n) is 1.66. The van der Waals surface area contributed by atoms with E-state index in [1.54, 1.807) is 27.7 Å². The van der Waals surface area contributed by atoms with Gasteiger partial charge >= 0.3 is 6.09 Å². The Morgan fingerprint density at radius 2 is 2.00 bits per heavy atom. The van der Waals surface area contributed by atoms with E-state index in [0.717, 1.165) is 0 Å². The van der Waals surface area contributed by atoms with Crippen molar-refractivity contribution in [3.8, 4) is 5.75 Å². The molecule has 0 aliphatic heterocycles. The second-order valence-electron chi connectivity index (χ2n) is 5.66. The molecule has 6 nitrogen and oxygen atoms in total. The zero-order valence-corrected chi connectivity index (χ0v) is 13.5. The molecule has 0 saturated heterocycles. The Morgan fingerprint density at radius 3 is 2.59 bits per heavy atom. The Morgan fingerprint density at radius 1 is 1.32 bits per heavy atom. The summed E-state index contributed by atoms with van der Waals surface area (Å²) in [5.41, 5.74) is 6.03. The summed E-state index contributed by atoms with van der Waals surface area (Å²) in [6.07, 6.45) is -0.489. The van der Waals surface area contributed by atoms with Gasteiger partial charge in [-0.3, -0.25) is 0 Å². The average molecular weight is 313 g/mol. The lowest BCUT2D eigenvalue weighted by Gasteiger charge is -2.20. The van der Waals surface area contributed by atoms with Crippen LogP contribution in [0.5, 0.6) is 5.75 Å². The average Bonchev–Trinajstić information content (AvgIpc) is 2.37. The number of amides is 1. The number of alkyl carbamates (subject to hydrolysis) is 1. The number of carbonyl (C=O) groups is 1. The van der Waals surface area contributed by atoms with Crippen LogP contribution >= 0.6 is 0 Å². The van der Waals surface area contributed by atoms with Gasteiger partial charge in [0.15, 0.2) is 11.6 Å². The van der Waals surface area contributed by atoms with E-state index in [2.05, 4.69) is 10.6 Å². The summed E-state index contributed by atoms with van der Waals surface area (Å²) < 4.78 is 23.8. The van der Waals surface area contributed by atoms with Crippen molar-refractivity contribution in [2.45, 2.75) is 33.3 Å². The predicted octanol–water partition coefficient (Wildman–Crippen LogP) is 2.74. The molecular formula is C15H24FN3O3. The summed E-state index contributed by atoms with van der Waals surface area (Å²) >= 11 is 0. The Labute approximate surface area is 130 Å². The lowest BCUT2D eigenvalue weighted by molar-refractivity contribution is 0.0530. The van der Waals surface area contributed by atoms with Crippen molar-refractivity contribution in [2.75, 3.05) is 30.7 Å². The van der Waals surface area contributed by atoms with Crippen molar-refractivity contribution in [3.05, 3.63) is 17.9 Å². The van der Waals surface area contributed by atoms with Crippen LogP contribution in [-0.4, -0.2) is 31.4 Å². The van der Waals surface area contributed by atoms with Gasteiger partial charge in [0.1, 0.15) is 5.60 Å². The van der Waals surface area contributed by atoms with Gasteiger partial charge in [-0.15, -0.1) is 0 Å². The van der Waals surface area contributed by atoms with E-state index >= 15 is 0 Å². The van der Waals surface area contributed by atoms with Crippen molar-refractivity contribution in [1.82, 2.24) is 5.32 Å². The summed E-state index contributed by atoms with van der Waals surface area (Å²) in [5.74, 6) is -0.365. The summed E-state index contributed by atoms with van der Waals surface area (Å²) in [4.78, 5) is 11.5. The molecular weight excluding hydrogens is 289 g/mol. The van der Waals surface area contributed by atoms with Gasteiger partial charge in [0.25, 0.3) is 0 Å². The van der Waals surface area contributed by atoms with E-state index in [-0.39, 0.29) is 11.4 Å². The molecule has 0 unspecified atom stereocenters. The first-order valence-electron chi connectivity index (χ1n) is 7.15. The van der Waals surface area contributed by atoms with Gasteiger partial charge in [-0.1, -0.05) is 0 Å². The highest BCUT2D eigenvalue weighted by atomic mass is 19.1. The number of hydrogen-bond donors (Lipinski definition) is 3. The first-order valence-corrected chi connectivity index (χ1v) is 7.15. The van der Waals surface area contributed by atoms with E-state index < -0.39 is 17.5 Å². The van der Waals surface area contributed by atoms with E-state index in [1.165, 1.54) is 12.1 Å². The number of nitrogens with one attached hydrogen (secondary N) is 2. The van der Waals surface area contributed by atoms with Gasteiger partial charge in [-0.05, 0) is 27.7 Å². The van der Waals surface area contributed by atoms with Crippen LogP contribution in [0.1, 0.15) is 27.7 Å². The molecule has 0 aromatic heterocycles. The third kappa shape index (κ3) is 6.07. The molecule has 0 aliphatic rings. The maximum Gasteiger partial charge on any atom is 0.407 e. The highest BCUT2D eigenvalue weighted by molar-refractivity contribution is 5.69. The molecule has 0 aliphatic carbocycles. The van der Waals surface area contributed by atoms with Gasteiger partial charge in [0.05, 0.1) is 18.0 Å². The Kier molecular flexibility index (Phi) is 6.27. The first-order chi connectivity index (χ1) is 10.2. The third-order valence-corrected chi connectivity index (χ3v) is 2.51. The SMILES string of the molecule is CCOc1cc(NCCNC(=O)OC(C)(C)C)c(N)cc1F. The summed E-state index contributed by atoms with van der Waals surface area (Å²) in [5, 5.41) is 5.63. The largest absolute Gasteiger partial charge is 0.491 e. The number of nitrogens with two attached hydrogens (primary N) is 1. The second-order valence-corrected chi connectivity index (χ2v) is 5.66. The zero-order chi connectivity index (χ0) is 16.8. The smallest absolute Gasteiger partial charge is 0.407 e. The summed E-state index contributed by atoms with van der Waals surface area (Å²) in [6.45, 7) is 8.27.